The SMILES string of the molecule is CC1(CNC(=O)[C@@H]2CCCC[C@@H]2C(=O)O)CCOCC1. The molecule has 5 heteroatoms. The van der Waals surface area contributed by atoms with Crippen molar-refractivity contribution in [2.24, 2.45) is 17.3 Å². The number of carbonyl (C=O) groups is 2. The summed E-state index contributed by atoms with van der Waals surface area (Å²) >= 11 is 0. The Kier molecular flexibility index (Phi) is 5.02. The van der Waals surface area contributed by atoms with E-state index in [1.165, 1.54) is 0 Å². The summed E-state index contributed by atoms with van der Waals surface area (Å²) in [4.78, 5) is 23.5. The number of hydrogen-bond donors (Lipinski definition) is 2. The fourth-order valence-corrected chi connectivity index (χ4v) is 3.21. The summed E-state index contributed by atoms with van der Waals surface area (Å²) in [7, 11) is 0. The van der Waals surface area contributed by atoms with Crippen molar-refractivity contribution in [2.45, 2.75) is 45.4 Å². The van der Waals surface area contributed by atoms with E-state index < -0.39 is 11.9 Å². The quantitative estimate of drug-likeness (QED) is 0.825. The minimum atomic E-state index is -0.831. The summed E-state index contributed by atoms with van der Waals surface area (Å²) < 4.78 is 5.35. The molecule has 1 saturated carbocycles. The summed E-state index contributed by atoms with van der Waals surface area (Å²) in [6.07, 6.45) is 5.07. The molecule has 0 aromatic rings. The molecule has 1 saturated heterocycles. The van der Waals surface area contributed by atoms with Crippen molar-refractivity contribution >= 4 is 11.9 Å². The van der Waals surface area contributed by atoms with Crippen molar-refractivity contribution in [1.29, 1.82) is 0 Å². The molecule has 2 rings (SSSR count). The Balaban J connectivity index is 1.88. The molecule has 20 heavy (non-hydrogen) atoms. The number of hydrogen-bond acceptors (Lipinski definition) is 3. The highest BCUT2D eigenvalue weighted by molar-refractivity contribution is 5.84. The highest BCUT2D eigenvalue weighted by Gasteiger charge is 2.36. The number of nitrogens with one attached hydrogen (secondary N) is 1. The molecular weight excluding hydrogens is 258 g/mol. The molecule has 1 heterocycles. The average Bonchev–Trinajstić information content (AvgIpc) is 2.45. The molecule has 0 bridgehead atoms. The van der Waals surface area contributed by atoms with E-state index in [-0.39, 0.29) is 17.2 Å². The lowest BCUT2D eigenvalue weighted by Crippen LogP contribution is -2.44. The van der Waals surface area contributed by atoms with Crippen molar-refractivity contribution in [1.82, 2.24) is 5.32 Å². The molecule has 2 N–H and O–H groups in total. The maximum absolute atomic E-state index is 12.3. The van der Waals surface area contributed by atoms with Crippen LogP contribution in [0.25, 0.3) is 0 Å². The van der Waals surface area contributed by atoms with Crippen LogP contribution >= 0.6 is 0 Å². The van der Waals surface area contributed by atoms with Gasteiger partial charge in [-0.1, -0.05) is 19.8 Å². The van der Waals surface area contributed by atoms with Crippen LogP contribution in [0.1, 0.15) is 45.4 Å². The van der Waals surface area contributed by atoms with Crippen LogP contribution in [0, 0.1) is 17.3 Å². The van der Waals surface area contributed by atoms with Gasteiger partial charge in [-0.25, -0.2) is 0 Å². The van der Waals surface area contributed by atoms with Gasteiger partial charge in [-0.15, -0.1) is 0 Å². The molecule has 2 fully saturated rings. The van der Waals surface area contributed by atoms with Gasteiger partial charge in [0.15, 0.2) is 0 Å². The van der Waals surface area contributed by atoms with Crippen LogP contribution < -0.4 is 5.32 Å². The van der Waals surface area contributed by atoms with Crippen LogP contribution in [0.5, 0.6) is 0 Å². The van der Waals surface area contributed by atoms with Gasteiger partial charge in [0, 0.05) is 19.8 Å². The molecule has 0 radical (unpaired) electrons. The molecule has 1 aliphatic heterocycles. The highest BCUT2D eigenvalue weighted by Crippen LogP contribution is 2.32. The number of carboxylic acid groups (broad SMARTS) is 1. The van der Waals surface area contributed by atoms with Crippen LogP contribution in [0.3, 0.4) is 0 Å². The lowest BCUT2D eigenvalue weighted by atomic mass is 9.78. The Labute approximate surface area is 120 Å². The molecule has 1 amide bonds. The summed E-state index contributed by atoms with van der Waals surface area (Å²) in [5, 5.41) is 12.2. The van der Waals surface area contributed by atoms with E-state index in [1.807, 2.05) is 0 Å². The van der Waals surface area contributed by atoms with Crippen molar-refractivity contribution < 1.29 is 19.4 Å². The summed E-state index contributed by atoms with van der Waals surface area (Å²) in [5.74, 6) is -1.78. The number of amides is 1. The predicted molar refractivity (Wildman–Crippen MR) is 74.3 cm³/mol. The van der Waals surface area contributed by atoms with Gasteiger partial charge in [-0.05, 0) is 31.1 Å². The van der Waals surface area contributed by atoms with Crippen molar-refractivity contribution in [3.05, 3.63) is 0 Å². The van der Waals surface area contributed by atoms with E-state index >= 15 is 0 Å². The Morgan fingerprint density at radius 3 is 2.40 bits per heavy atom. The van der Waals surface area contributed by atoms with E-state index in [2.05, 4.69) is 12.2 Å². The Morgan fingerprint density at radius 2 is 1.80 bits per heavy atom. The lowest BCUT2D eigenvalue weighted by molar-refractivity contribution is -0.149. The second kappa shape index (κ2) is 6.57. The number of aliphatic carboxylic acids is 1. The minimum absolute atomic E-state index is 0.0789. The molecule has 0 aromatic heterocycles. The first-order valence-electron chi connectivity index (χ1n) is 7.60. The Bertz CT molecular complexity index is 363. The molecule has 0 aromatic carbocycles. The van der Waals surface area contributed by atoms with Crippen LogP contribution in [-0.4, -0.2) is 36.7 Å². The monoisotopic (exact) mass is 283 g/mol. The fraction of sp³-hybridized carbons (Fsp3) is 0.867. The van der Waals surface area contributed by atoms with E-state index in [9.17, 15) is 14.7 Å². The van der Waals surface area contributed by atoms with E-state index in [0.717, 1.165) is 38.9 Å². The van der Waals surface area contributed by atoms with E-state index in [0.29, 0.717) is 19.4 Å². The van der Waals surface area contributed by atoms with Gasteiger partial charge in [0.1, 0.15) is 0 Å². The zero-order chi connectivity index (χ0) is 14.6. The van der Waals surface area contributed by atoms with Crippen molar-refractivity contribution in [3.8, 4) is 0 Å². The summed E-state index contributed by atoms with van der Waals surface area (Å²) in [6.45, 7) is 4.27. The molecule has 1 aliphatic carbocycles. The number of ether oxygens (including phenoxy) is 1. The van der Waals surface area contributed by atoms with Gasteiger partial charge in [-0.2, -0.15) is 0 Å². The van der Waals surface area contributed by atoms with Crippen LogP contribution in [0.2, 0.25) is 0 Å². The van der Waals surface area contributed by atoms with Crippen molar-refractivity contribution in [3.63, 3.8) is 0 Å². The van der Waals surface area contributed by atoms with Crippen LogP contribution in [0.4, 0.5) is 0 Å². The van der Waals surface area contributed by atoms with Crippen LogP contribution in [0.15, 0.2) is 0 Å². The minimum Gasteiger partial charge on any atom is -0.481 e. The van der Waals surface area contributed by atoms with Gasteiger partial charge in [0.2, 0.25) is 5.91 Å². The fourth-order valence-electron chi connectivity index (χ4n) is 3.21. The molecule has 0 unspecified atom stereocenters. The topological polar surface area (TPSA) is 75.6 Å². The summed E-state index contributed by atoms with van der Waals surface area (Å²) in [5.41, 5.74) is 0.0846. The number of rotatable bonds is 4. The first kappa shape index (κ1) is 15.3. The van der Waals surface area contributed by atoms with Crippen LogP contribution in [-0.2, 0) is 14.3 Å². The number of carbonyl (C=O) groups excluding carboxylic acids is 1. The van der Waals surface area contributed by atoms with Gasteiger partial charge in [0.05, 0.1) is 11.8 Å². The predicted octanol–water partition coefficient (Wildman–Crippen LogP) is 1.81. The van der Waals surface area contributed by atoms with Gasteiger partial charge in [0.25, 0.3) is 0 Å². The molecule has 0 spiro atoms. The molecular formula is C15H25NO4. The first-order chi connectivity index (χ1) is 9.52. The summed E-state index contributed by atoms with van der Waals surface area (Å²) in [6, 6.07) is 0. The molecule has 5 nitrogen and oxygen atoms in total. The maximum atomic E-state index is 12.3. The third-order valence-corrected chi connectivity index (χ3v) is 4.81. The van der Waals surface area contributed by atoms with Gasteiger partial charge in [-0.3, -0.25) is 9.59 Å². The second-order valence-corrected chi connectivity index (χ2v) is 6.48. The Morgan fingerprint density at radius 1 is 1.20 bits per heavy atom. The van der Waals surface area contributed by atoms with Gasteiger partial charge < -0.3 is 15.2 Å². The number of carboxylic acids is 1. The molecule has 114 valence electrons. The largest absolute Gasteiger partial charge is 0.481 e. The zero-order valence-corrected chi connectivity index (χ0v) is 12.2. The third-order valence-electron chi connectivity index (χ3n) is 4.81. The normalized spacial score (nSPS) is 29.6. The third kappa shape index (κ3) is 3.72. The maximum Gasteiger partial charge on any atom is 0.307 e. The average molecular weight is 283 g/mol. The lowest BCUT2D eigenvalue weighted by Gasteiger charge is -2.35. The smallest absolute Gasteiger partial charge is 0.307 e. The van der Waals surface area contributed by atoms with E-state index in [1.54, 1.807) is 0 Å². The first-order valence-corrected chi connectivity index (χ1v) is 7.60. The Hall–Kier alpha value is -1.10. The highest BCUT2D eigenvalue weighted by atomic mass is 16.5. The molecule has 2 atom stereocenters. The van der Waals surface area contributed by atoms with Gasteiger partial charge >= 0.3 is 5.97 Å². The van der Waals surface area contributed by atoms with E-state index in [4.69, 9.17) is 4.74 Å². The standard InChI is InChI=1S/C15H25NO4/c1-15(6-8-20-9-7-15)10-16-13(17)11-4-2-3-5-12(11)14(18)19/h11-12H,2-10H2,1H3,(H,16,17)(H,18,19)/t11-,12+/m1/s1. The second-order valence-electron chi connectivity index (χ2n) is 6.48. The van der Waals surface area contributed by atoms with Crippen molar-refractivity contribution in [2.75, 3.05) is 19.8 Å². The zero-order valence-electron chi connectivity index (χ0n) is 12.2. The molecule has 2 aliphatic rings.